The van der Waals surface area contributed by atoms with Crippen molar-refractivity contribution in [2.75, 3.05) is 12.3 Å². The largest absolute Gasteiger partial charge is 0.397 e. The lowest BCUT2D eigenvalue weighted by atomic mass is 10.0. The Kier molecular flexibility index (Phi) is 2.34. The van der Waals surface area contributed by atoms with Crippen LogP contribution in [0, 0.1) is 13.8 Å². The van der Waals surface area contributed by atoms with Crippen LogP contribution >= 0.6 is 0 Å². The molecule has 0 saturated carbocycles. The Balaban J connectivity index is 2.33. The number of amides is 1. The lowest BCUT2D eigenvalue weighted by molar-refractivity contribution is -0.119. The molecule has 2 rings (SSSR count). The maximum absolute atomic E-state index is 11.1. The van der Waals surface area contributed by atoms with Crippen molar-refractivity contribution in [3.63, 3.8) is 0 Å². The second kappa shape index (κ2) is 3.53. The Labute approximate surface area is 88.9 Å². The zero-order chi connectivity index (χ0) is 11.0. The van der Waals surface area contributed by atoms with Gasteiger partial charge in [-0.1, -0.05) is 0 Å². The molecule has 2 heterocycles. The summed E-state index contributed by atoms with van der Waals surface area (Å²) < 4.78 is 0. The van der Waals surface area contributed by atoms with E-state index in [0.717, 1.165) is 22.6 Å². The number of hydrogen-bond acceptors (Lipinski definition) is 3. The highest BCUT2D eigenvalue weighted by atomic mass is 16.1. The van der Waals surface area contributed by atoms with E-state index in [9.17, 15) is 4.79 Å². The van der Waals surface area contributed by atoms with E-state index in [1.54, 1.807) is 0 Å². The first-order valence-electron chi connectivity index (χ1n) is 5.08. The Bertz CT molecular complexity index is 391. The Morgan fingerprint density at radius 3 is 2.80 bits per heavy atom. The molecule has 80 valence electrons. The minimum atomic E-state index is 0.105. The van der Waals surface area contributed by atoms with Crippen LogP contribution in [0.5, 0.6) is 0 Å². The average Bonchev–Trinajstić information content (AvgIpc) is 2.60. The van der Waals surface area contributed by atoms with E-state index in [2.05, 4.69) is 10.3 Å². The first-order chi connectivity index (χ1) is 7.08. The van der Waals surface area contributed by atoms with Crippen LogP contribution in [0.4, 0.5) is 5.69 Å². The minimum absolute atomic E-state index is 0.105. The van der Waals surface area contributed by atoms with Gasteiger partial charge in [0.2, 0.25) is 5.91 Å². The van der Waals surface area contributed by atoms with Crippen molar-refractivity contribution in [2.24, 2.45) is 0 Å². The van der Waals surface area contributed by atoms with Gasteiger partial charge in [-0.15, -0.1) is 0 Å². The van der Waals surface area contributed by atoms with Crippen molar-refractivity contribution in [1.82, 2.24) is 10.3 Å². The number of nitrogens with one attached hydrogen (secondary N) is 1. The number of aryl methyl sites for hydroxylation is 2. The molecule has 0 aliphatic carbocycles. The summed E-state index contributed by atoms with van der Waals surface area (Å²) in [7, 11) is 0. The molecule has 0 radical (unpaired) electrons. The normalized spacial score (nSPS) is 20.4. The first kappa shape index (κ1) is 9.96. The topological polar surface area (TPSA) is 68.0 Å². The fourth-order valence-electron chi connectivity index (χ4n) is 1.89. The smallest absolute Gasteiger partial charge is 0.220 e. The molecule has 1 atom stereocenters. The number of pyridine rings is 1. The van der Waals surface area contributed by atoms with Crippen molar-refractivity contribution in [3.8, 4) is 0 Å². The number of anilines is 1. The van der Waals surface area contributed by atoms with Crippen LogP contribution in [-0.4, -0.2) is 17.4 Å². The van der Waals surface area contributed by atoms with Gasteiger partial charge in [0.05, 0.1) is 11.4 Å². The van der Waals surface area contributed by atoms with Crippen LogP contribution in [0.2, 0.25) is 0 Å². The summed E-state index contributed by atoms with van der Waals surface area (Å²) in [4.78, 5) is 15.5. The SMILES string of the molecule is Cc1cc(C2CNC(=O)C2)nc(C)c1N. The predicted octanol–water partition coefficient (Wildman–Crippen LogP) is 0.884. The third-order valence-corrected chi connectivity index (χ3v) is 2.87. The van der Waals surface area contributed by atoms with E-state index in [1.807, 2.05) is 19.9 Å². The molecule has 0 spiro atoms. The standard InChI is InChI=1S/C11H15N3O/c1-6-3-9(14-7(2)11(6)12)8-4-10(15)13-5-8/h3,8H,4-5,12H2,1-2H3,(H,13,15). The van der Waals surface area contributed by atoms with E-state index >= 15 is 0 Å². The second-order valence-corrected chi connectivity index (χ2v) is 4.07. The summed E-state index contributed by atoms with van der Waals surface area (Å²) in [5.41, 5.74) is 9.44. The number of carbonyl (C=O) groups excluding carboxylic acids is 1. The van der Waals surface area contributed by atoms with Crippen LogP contribution in [0.1, 0.15) is 29.3 Å². The molecule has 4 heteroatoms. The molecule has 0 bridgehead atoms. The maximum atomic E-state index is 11.1. The van der Waals surface area contributed by atoms with Gasteiger partial charge in [0.25, 0.3) is 0 Å². The van der Waals surface area contributed by atoms with Crippen molar-refractivity contribution in [2.45, 2.75) is 26.2 Å². The van der Waals surface area contributed by atoms with E-state index in [4.69, 9.17) is 5.73 Å². The highest BCUT2D eigenvalue weighted by Gasteiger charge is 2.24. The number of nitrogens with zero attached hydrogens (tertiary/aromatic N) is 1. The summed E-state index contributed by atoms with van der Waals surface area (Å²) in [6.45, 7) is 4.56. The van der Waals surface area contributed by atoms with E-state index in [0.29, 0.717) is 13.0 Å². The van der Waals surface area contributed by atoms with Crippen molar-refractivity contribution in [3.05, 3.63) is 23.0 Å². The molecular formula is C11H15N3O. The van der Waals surface area contributed by atoms with Gasteiger partial charge in [-0.2, -0.15) is 0 Å². The molecule has 1 aromatic heterocycles. The molecule has 1 aliphatic heterocycles. The summed E-state index contributed by atoms with van der Waals surface area (Å²) in [6, 6.07) is 1.98. The summed E-state index contributed by atoms with van der Waals surface area (Å²) >= 11 is 0. The van der Waals surface area contributed by atoms with E-state index in [1.165, 1.54) is 0 Å². The second-order valence-electron chi connectivity index (χ2n) is 4.07. The number of carbonyl (C=O) groups is 1. The molecule has 1 aromatic rings. The lowest BCUT2D eigenvalue weighted by Crippen LogP contribution is -2.14. The monoisotopic (exact) mass is 205 g/mol. The maximum Gasteiger partial charge on any atom is 0.220 e. The number of hydrogen-bond donors (Lipinski definition) is 2. The highest BCUT2D eigenvalue weighted by Crippen LogP contribution is 2.25. The third kappa shape index (κ3) is 1.79. The quantitative estimate of drug-likeness (QED) is 0.715. The zero-order valence-corrected chi connectivity index (χ0v) is 9.00. The Morgan fingerprint density at radius 1 is 1.53 bits per heavy atom. The number of aromatic nitrogens is 1. The number of nitrogens with two attached hydrogens (primary N) is 1. The lowest BCUT2D eigenvalue weighted by Gasteiger charge is -2.11. The summed E-state index contributed by atoms with van der Waals surface area (Å²) in [6.07, 6.45) is 0.537. The Hall–Kier alpha value is -1.58. The van der Waals surface area contributed by atoms with Gasteiger partial charge >= 0.3 is 0 Å². The van der Waals surface area contributed by atoms with Crippen molar-refractivity contribution >= 4 is 11.6 Å². The fraction of sp³-hybridized carbons (Fsp3) is 0.455. The molecule has 3 N–H and O–H groups in total. The fourth-order valence-corrected chi connectivity index (χ4v) is 1.89. The first-order valence-corrected chi connectivity index (χ1v) is 5.08. The van der Waals surface area contributed by atoms with Gasteiger partial charge < -0.3 is 11.1 Å². The van der Waals surface area contributed by atoms with Crippen LogP contribution in [0.25, 0.3) is 0 Å². The van der Waals surface area contributed by atoms with Gasteiger partial charge in [-0.25, -0.2) is 0 Å². The average molecular weight is 205 g/mol. The van der Waals surface area contributed by atoms with Crippen LogP contribution < -0.4 is 11.1 Å². The number of nitrogen functional groups attached to an aromatic ring is 1. The molecule has 0 aromatic carbocycles. The molecular weight excluding hydrogens is 190 g/mol. The summed E-state index contributed by atoms with van der Waals surface area (Å²) in [5, 5.41) is 2.81. The van der Waals surface area contributed by atoms with Crippen LogP contribution in [0.3, 0.4) is 0 Å². The van der Waals surface area contributed by atoms with Crippen LogP contribution in [-0.2, 0) is 4.79 Å². The summed E-state index contributed by atoms with van der Waals surface area (Å²) in [5.74, 6) is 0.310. The van der Waals surface area contributed by atoms with Crippen LogP contribution in [0.15, 0.2) is 6.07 Å². The molecule has 15 heavy (non-hydrogen) atoms. The van der Waals surface area contributed by atoms with Gasteiger partial charge in [0.15, 0.2) is 0 Å². The number of rotatable bonds is 1. The van der Waals surface area contributed by atoms with E-state index in [-0.39, 0.29) is 11.8 Å². The highest BCUT2D eigenvalue weighted by molar-refractivity contribution is 5.79. The third-order valence-electron chi connectivity index (χ3n) is 2.87. The van der Waals surface area contributed by atoms with Gasteiger partial charge in [-0.3, -0.25) is 9.78 Å². The molecule has 1 fully saturated rings. The van der Waals surface area contributed by atoms with Gasteiger partial charge in [0.1, 0.15) is 0 Å². The van der Waals surface area contributed by atoms with E-state index < -0.39 is 0 Å². The molecule has 1 unspecified atom stereocenters. The predicted molar refractivity (Wildman–Crippen MR) is 58.5 cm³/mol. The molecule has 1 saturated heterocycles. The zero-order valence-electron chi connectivity index (χ0n) is 9.00. The van der Waals surface area contributed by atoms with Crippen molar-refractivity contribution in [1.29, 1.82) is 0 Å². The molecule has 1 amide bonds. The van der Waals surface area contributed by atoms with Gasteiger partial charge in [0, 0.05) is 24.6 Å². The molecule has 1 aliphatic rings. The van der Waals surface area contributed by atoms with Crippen molar-refractivity contribution < 1.29 is 4.79 Å². The molecule has 4 nitrogen and oxygen atoms in total. The minimum Gasteiger partial charge on any atom is -0.397 e. The van der Waals surface area contributed by atoms with Gasteiger partial charge in [-0.05, 0) is 25.5 Å². The Morgan fingerprint density at radius 2 is 2.27 bits per heavy atom.